The second-order valence-electron chi connectivity index (χ2n) is 7.44. The quantitative estimate of drug-likeness (QED) is 0.429. The van der Waals surface area contributed by atoms with E-state index in [1.54, 1.807) is 0 Å². The highest BCUT2D eigenvalue weighted by molar-refractivity contribution is 5.71. The fourth-order valence-corrected chi connectivity index (χ4v) is 2.82. The summed E-state index contributed by atoms with van der Waals surface area (Å²) in [6.45, 7) is 4.05. The molecule has 2 aromatic carbocycles. The maximum absolute atomic E-state index is 5.86. The van der Waals surface area contributed by atoms with E-state index in [9.17, 15) is 0 Å². The standard InChI is InChI=1S/C23H24O6/c1-2-16(6-18(3-1)24-10-21-13-27-21)4-5-17-7-19(25-11-22-14-28-22)9-20(8-17)26-12-23-15-29-23/h1-9,21-23H,10-15H2. The van der Waals surface area contributed by atoms with Crippen LogP contribution < -0.4 is 14.2 Å². The topological polar surface area (TPSA) is 65.3 Å². The van der Waals surface area contributed by atoms with Gasteiger partial charge >= 0.3 is 0 Å². The van der Waals surface area contributed by atoms with Crippen LogP contribution in [0.4, 0.5) is 0 Å². The summed E-state index contributed by atoms with van der Waals surface area (Å²) < 4.78 is 33.1. The largest absolute Gasteiger partial charge is 0.491 e. The molecule has 0 amide bonds. The molecule has 0 saturated carbocycles. The Morgan fingerprint density at radius 2 is 1.14 bits per heavy atom. The Balaban J connectivity index is 1.27. The van der Waals surface area contributed by atoms with Crippen molar-refractivity contribution >= 4 is 12.2 Å². The Bertz CT molecular complexity index is 833. The Morgan fingerprint density at radius 3 is 1.69 bits per heavy atom. The van der Waals surface area contributed by atoms with Gasteiger partial charge in [0.15, 0.2) is 0 Å². The van der Waals surface area contributed by atoms with Gasteiger partial charge in [-0.15, -0.1) is 0 Å². The number of benzene rings is 2. The van der Waals surface area contributed by atoms with Crippen LogP contribution in [0.5, 0.6) is 17.2 Å². The molecular formula is C23H24O6. The molecule has 152 valence electrons. The number of ether oxygens (including phenoxy) is 6. The summed E-state index contributed by atoms with van der Waals surface area (Å²) in [6.07, 6.45) is 4.77. The molecule has 0 aliphatic carbocycles. The minimum absolute atomic E-state index is 0.210. The van der Waals surface area contributed by atoms with Gasteiger partial charge in [-0.2, -0.15) is 0 Å². The summed E-state index contributed by atoms with van der Waals surface area (Å²) >= 11 is 0. The zero-order valence-electron chi connectivity index (χ0n) is 16.1. The lowest BCUT2D eigenvalue weighted by atomic mass is 10.1. The molecule has 29 heavy (non-hydrogen) atoms. The average molecular weight is 396 g/mol. The molecule has 0 bridgehead atoms. The van der Waals surface area contributed by atoms with Crippen LogP contribution >= 0.6 is 0 Å². The second kappa shape index (κ2) is 8.45. The van der Waals surface area contributed by atoms with E-state index in [1.807, 2.05) is 48.5 Å². The van der Waals surface area contributed by atoms with Crippen LogP contribution in [0.1, 0.15) is 11.1 Å². The Hall–Kier alpha value is -2.54. The summed E-state index contributed by atoms with van der Waals surface area (Å²) in [5.74, 6) is 2.39. The molecule has 2 aromatic rings. The highest BCUT2D eigenvalue weighted by atomic mass is 16.6. The van der Waals surface area contributed by atoms with Crippen molar-refractivity contribution in [1.29, 1.82) is 0 Å². The van der Waals surface area contributed by atoms with Gasteiger partial charge in [0, 0.05) is 6.07 Å². The third-order valence-corrected chi connectivity index (χ3v) is 4.74. The van der Waals surface area contributed by atoms with E-state index in [2.05, 4.69) is 6.08 Å². The monoisotopic (exact) mass is 396 g/mol. The normalized spacial score (nSPS) is 24.3. The lowest BCUT2D eigenvalue weighted by Crippen LogP contribution is -2.06. The van der Waals surface area contributed by atoms with Crippen molar-refractivity contribution in [2.45, 2.75) is 18.3 Å². The summed E-state index contributed by atoms with van der Waals surface area (Å²) in [7, 11) is 0. The van der Waals surface area contributed by atoms with Crippen molar-refractivity contribution in [3.63, 3.8) is 0 Å². The van der Waals surface area contributed by atoms with E-state index in [0.717, 1.165) is 48.2 Å². The Kier molecular flexibility index (Phi) is 5.39. The molecule has 3 aliphatic rings. The van der Waals surface area contributed by atoms with E-state index in [1.165, 1.54) is 0 Å². The molecule has 0 radical (unpaired) electrons. The first-order chi connectivity index (χ1) is 14.3. The van der Waals surface area contributed by atoms with Gasteiger partial charge in [-0.1, -0.05) is 24.3 Å². The van der Waals surface area contributed by atoms with Crippen molar-refractivity contribution in [2.75, 3.05) is 39.6 Å². The van der Waals surface area contributed by atoms with E-state index in [4.69, 9.17) is 28.4 Å². The van der Waals surface area contributed by atoms with Gasteiger partial charge < -0.3 is 28.4 Å². The Labute approximate surface area is 169 Å². The first kappa shape index (κ1) is 18.5. The van der Waals surface area contributed by atoms with Crippen LogP contribution in [-0.2, 0) is 14.2 Å². The van der Waals surface area contributed by atoms with Gasteiger partial charge in [0.2, 0.25) is 0 Å². The maximum Gasteiger partial charge on any atom is 0.123 e. The zero-order chi connectivity index (χ0) is 19.5. The molecule has 0 aromatic heterocycles. The summed E-state index contributed by atoms with van der Waals surface area (Å²) in [6, 6.07) is 13.9. The maximum atomic E-state index is 5.86. The van der Waals surface area contributed by atoms with Gasteiger partial charge in [-0.25, -0.2) is 0 Å². The molecule has 3 heterocycles. The zero-order valence-corrected chi connectivity index (χ0v) is 16.1. The van der Waals surface area contributed by atoms with Crippen LogP contribution in [0.3, 0.4) is 0 Å². The van der Waals surface area contributed by atoms with E-state index in [-0.39, 0.29) is 18.3 Å². The smallest absolute Gasteiger partial charge is 0.123 e. The van der Waals surface area contributed by atoms with E-state index in [0.29, 0.717) is 19.8 Å². The molecule has 0 spiro atoms. The molecule has 3 unspecified atom stereocenters. The van der Waals surface area contributed by atoms with E-state index < -0.39 is 0 Å². The van der Waals surface area contributed by atoms with Crippen LogP contribution in [0.25, 0.3) is 12.2 Å². The first-order valence-electron chi connectivity index (χ1n) is 9.97. The van der Waals surface area contributed by atoms with Crippen LogP contribution in [0.15, 0.2) is 42.5 Å². The lowest BCUT2D eigenvalue weighted by molar-refractivity contribution is 0.252. The van der Waals surface area contributed by atoms with Gasteiger partial charge in [0.05, 0.1) is 19.8 Å². The van der Waals surface area contributed by atoms with Gasteiger partial charge in [-0.3, -0.25) is 0 Å². The fourth-order valence-electron chi connectivity index (χ4n) is 2.82. The summed E-state index contributed by atoms with van der Waals surface area (Å²) in [4.78, 5) is 0. The third-order valence-electron chi connectivity index (χ3n) is 4.74. The first-order valence-corrected chi connectivity index (χ1v) is 9.97. The van der Waals surface area contributed by atoms with Crippen molar-refractivity contribution in [1.82, 2.24) is 0 Å². The lowest BCUT2D eigenvalue weighted by Gasteiger charge is -2.10. The van der Waals surface area contributed by atoms with Crippen molar-refractivity contribution in [2.24, 2.45) is 0 Å². The van der Waals surface area contributed by atoms with Gasteiger partial charge in [-0.05, 0) is 35.4 Å². The molecule has 3 saturated heterocycles. The van der Waals surface area contributed by atoms with Crippen LogP contribution in [-0.4, -0.2) is 58.0 Å². The number of hydrogen-bond acceptors (Lipinski definition) is 6. The predicted molar refractivity (Wildman–Crippen MR) is 108 cm³/mol. The van der Waals surface area contributed by atoms with Crippen LogP contribution in [0.2, 0.25) is 0 Å². The molecule has 6 nitrogen and oxygen atoms in total. The molecular weight excluding hydrogens is 372 g/mol. The molecule has 3 aliphatic heterocycles. The predicted octanol–water partition coefficient (Wildman–Crippen LogP) is 3.19. The molecule has 3 atom stereocenters. The van der Waals surface area contributed by atoms with Crippen molar-refractivity contribution in [3.8, 4) is 17.2 Å². The van der Waals surface area contributed by atoms with Crippen molar-refractivity contribution < 1.29 is 28.4 Å². The van der Waals surface area contributed by atoms with E-state index >= 15 is 0 Å². The second-order valence-corrected chi connectivity index (χ2v) is 7.44. The minimum atomic E-state index is 0.210. The SMILES string of the molecule is C(=Cc1cc(OCC2CO2)cc(OCC2CO2)c1)c1cccc(OCC2CO2)c1. The third kappa shape index (κ3) is 5.97. The van der Waals surface area contributed by atoms with Gasteiger partial charge in [0.25, 0.3) is 0 Å². The number of hydrogen-bond donors (Lipinski definition) is 0. The van der Waals surface area contributed by atoms with Gasteiger partial charge in [0.1, 0.15) is 55.4 Å². The number of epoxide rings is 3. The minimum Gasteiger partial charge on any atom is -0.491 e. The highest BCUT2D eigenvalue weighted by Gasteiger charge is 2.24. The molecule has 6 heteroatoms. The summed E-state index contributed by atoms with van der Waals surface area (Å²) in [5, 5.41) is 0. The number of rotatable bonds is 11. The average Bonchev–Trinajstić information content (AvgIpc) is 3.60. The summed E-state index contributed by atoms with van der Waals surface area (Å²) in [5.41, 5.74) is 2.06. The molecule has 3 fully saturated rings. The van der Waals surface area contributed by atoms with Crippen molar-refractivity contribution in [3.05, 3.63) is 53.6 Å². The molecule has 0 N–H and O–H groups in total. The molecule has 5 rings (SSSR count). The fraction of sp³-hybridized carbons (Fsp3) is 0.391. The highest BCUT2D eigenvalue weighted by Crippen LogP contribution is 2.27. The Morgan fingerprint density at radius 1 is 0.655 bits per heavy atom. The van der Waals surface area contributed by atoms with Crippen LogP contribution in [0, 0.1) is 0 Å².